The molecule has 10 nitrogen and oxygen atoms in total. The van der Waals surface area contributed by atoms with Gasteiger partial charge in [0.15, 0.2) is 17.5 Å². The number of hydrogen-bond acceptors (Lipinski definition) is 7. The van der Waals surface area contributed by atoms with Crippen molar-refractivity contribution in [3.05, 3.63) is 36.3 Å². The molecule has 0 aromatic carbocycles. The van der Waals surface area contributed by atoms with Gasteiger partial charge in [-0.2, -0.15) is 0 Å². The lowest BCUT2D eigenvalue weighted by Crippen LogP contribution is -2.40. The summed E-state index contributed by atoms with van der Waals surface area (Å²) in [6, 6.07) is 1.18. The molecule has 0 fully saturated rings. The second-order valence-corrected chi connectivity index (χ2v) is 9.11. The molecule has 1 atom stereocenters. The first-order chi connectivity index (χ1) is 18.4. The van der Waals surface area contributed by atoms with Gasteiger partial charge in [0.1, 0.15) is 11.5 Å². The molecule has 3 rings (SSSR count). The van der Waals surface area contributed by atoms with Gasteiger partial charge in [-0.3, -0.25) is 0 Å². The Morgan fingerprint density at radius 3 is 2.74 bits per heavy atom. The van der Waals surface area contributed by atoms with Gasteiger partial charge in [0.05, 0.1) is 25.6 Å². The third kappa shape index (κ3) is 8.88. The van der Waals surface area contributed by atoms with Crippen molar-refractivity contribution >= 4 is 22.9 Å². The first-order valence-electron chi connectivity index (χ1n) is 12.9. The number of urea groups is 1. The van der Waals surface area contributed by atoms with Gasteiger partial charge >= 0.3 is 6.03 Å². The highest BCUT2D eigenvalue weighted by molar-refractivity contribution is 5.91. The minimum atomic E-state index is -0.603. The molecule has 0 radical (unpaired) electrons. The molecule has 0 spiro atoms. The topological polar surface area (TPSA) is 117 Å². The third-order valence-corrected chi connectivity index (χ3v) is 5.91. The molecule has 208 valence electrons. The van der Waals surface area contributed by atoms with Crippen LogP contribution < -0.4 is 10.6 Å². The van der Waals surface area contributed by atoms with E-state index in [1.165, 1.54) is 6.07 Å². The number of amides is 2. The number of aromatic amines is 1. The van der Waals surface area contributed by atoms with Crippen LogP contribution in [0.5, 0.6) is 0 Å². The maximum absolute atomic E-state index is 14.4. The molecule has 3 N–H and O–H groups in total. The second kappa shape index (κ2) is 15.1. The Labute approximate surface area is 221 Å². The zero-order valence-electron chi connectivity index (χ0n) is 22.2. The molecule has 0 bridgehead atoms. The number of fused-ring (bicyclic) bond motifs is 1. The summed E-state index contributed by atoms with van der Waals surface area (Å²) in [6.07, 6.45) is 6.61. The molecule has 3 aromatic rings. The lowest BCUT2D eigenvalue weighted by molar-refractivity contribution is 0.0512. The molecule has 0 aliphatic rings. The zero-order valence-corrected chi connectivity index (χ0v) is 22.2. The third-order valence-electron chi connectivity index (χ3n) is 5.91. The summed E-state index contributed by atoms with van der Waals surface area (Å²) in [7, 11) is 1.76. The summed E-state index contributed by atoms with van der Waals surface area (Å²) in [5.41, 5.74) is 1.01. The Bertz CT molecular complexity index is 1160. The van der Waals surface area contributed by atoms with E-state index in [2.05, 4.69) is 30.6 Å². The molecular weight excluding hydrogens is 496 g/mol. The number of carbonyl (C=O) groups is 1. The van der Waals surface area contributed by atoms with Crippen molar-refractivity contribution in [3.8, 4) is 11.4 Å². The molecule has 38 heavy (non-hydrogen) atoms. The molecule has 12 heteroatoms. The number of halogens is 2. The van der Waals surface area contributed by atoms with Crippen molar-refractivity contribution in [2.24, 2.45) is 5.92 Å². The minimum absolute atomic E-state index is 0.00499. The van der Waals surface area contributed by atoms with Gasteiger partial charge in [-0.15, -0.1) is 0 Å². The highest BCUT2D eigenvalue weighted by atomic mass is 19.1. The van der Waals surface area contributed by atoms with Crippen LogP contribution in [-0.2, 0) is 9.47 Å². The van der Waals surface area contributed by atoms with E-state index in [0.29, 0.717) is 62.7 Å². The van der Waals surface area contributed by atoms with E-state index in [1.54, 1.807) is 18.1 Å². The lowest BCUT2D eigenvalue weighted by Gasteiger charge is -2.20. The van der Waals surface area contributed by atoms with Crippen molar-refractivity contribution in [1.82, 2.24) is 30.2 Å². The standard InChI is InChI=1S/C26H37F2N7O3/c1-4-37-10-11-38-9-7-5-6-8-35(3)26(36)33-14-18(2)13-29-25-22(28)17-32-24(34-25)21-16-31-23-20(21)12-19(27)15-30-23/h12,15-18H,4-11,13-14H2,1-3H3,(H,30,31)(H,33,36)(H,29,32,34). The molecule has 0 aliphatic carbocycles. The Morgan fingerprint density at radius 1 is 1.11 bits per heavy atom. The van der Waals surface area contributed by atoms with Crippen molar-refractivity contribution in [2.75, 3.05) is 58.4 Å². The number of nitrogens with one attached hydrogen (secondary N) is 3. The largest absolute Gasteiger partial charge is 0.379 e. The average molecular weight is 534 g/mol. The van der Waals surface area contributed by atoms with Gasteiger partial charge in [0.25, 0.3) is 0 Å². The number of aromatic nitrogens is 4. The number of ether oxygens (including phenoxy) is 2. The van der Waals surface area contributed by atoms with E-state index in [9.17, 15) is 13.6 Å². The molecule has 0 aliphatic heterocycles. The normalized spacial score (nSPS) is 12.0. The fraction of sp³-hybridized carbons (Fsp3) is 0.538. The fourth-order valence-electron chi connectivity index (χ4n) is 3.72. The monoisotopic (exact) mass is 533 g/mol. The average Bonchev–Trinajstić information content (AvgIpc) is 3.33. The first kappa shape index (κ1) is 29.2. The first-order valence-corrected chi connectivity index (χ1v) is 12.9. The fourth-order valence-corrected chi connectivity index (χ4v) is 3.72. The Balaban J connectivity index is 1.38. The summed E-state index contributed by atoms with van der Waals surface area (Å²) < 4.78 is 38.7. The van der Waals surface area contributed by atoms with Crippen molar-refractivity contribution < 1.29 is 23.0 Å². The van der Waals surface area contributed by atoms with Gasteiger partial charge < -0.3 is 30.0 Å². The summed E-state index contributed by atoms with van der Waals surface area (Å²) in [5.74, 6) is -0.809. The van der Waals surface area contributed by atoms with Crippen molar-refractivity contribution in [2.45, 2.75) is 33.1 Å². The Kier molecular flexibility index (Phi) is 11.6. The zero-order chi connectivity index (χ0) is 27.3. The maximum atomic E-state index is 14.4. The number of anilines is 1. The quantitative estimate of drug-likeness (QED) is 0.236. The van der Waals surface area contributed by atoms with Gasteiger partial charge in [-0.05, 0) is 38.2 Å². The number of nitrogens with zero attached hydrogens (tertiary/aromatic N) is 4. The highest BCUT2D eigenvalue weighted by Crippen LogP contribution is 2.26. The number of H-pyrrole nitrogens is 1. The van der Waals surface area contributed by atoms with Crippen LogP contribution >= 0.6 is 0 Å². The van der Waals surface area contributed by atoms with Crippen LogP contribution in [0.25, 0.3) is 22.4 Å². The number of carbonyl (C=O) groups excluding carboxylic acids is 1. The molecule has 0 saturated carbocycles. The molecule has 1 unspecified atom stereocenters. The number of hydrogen-bond donors (Lipinski definition) is 3. The van der Waals surface area contributed by atoms with E-state index in [1.807, 2.05) is 13.8 Å². The van der Waals surface area contributed by atoms with E-state index in [-0.39, 0.29) is 23.6 Å². The predicted octanol–water partition coefficient (Wildman–Crippen LogP) is 4.21. The van der Waals surface area contributed by atoms with Crippen molar-refractivity contribution in [3.63, 3.8) is 0 Å². The van der Waals surface area contributed by atoms with Gasteiger partial charge in [-0.1, -0.05) is 6.92 Å². The van der Waals surface area contributed by atoms with Gasteiger partial charge in [0.2, 0.25) is 0 Å². The Morgan fingerprint density at radius 2 is 1.92 bits per heavy atom. The number of rotatable bonds is 16. The molecule has 0 saturated heterocycles. The van der Waals surface area contributed by atoms with Crippen LogP contribution in [0.3, 0.4) is 0 Å². The number of pyridine rings is 1. The van der Waals surface area contributed by atoms with E-state index >= 15 is 0 Å². The minimum Gasteiger partial charge on any atom is -0.379 e. The maximum Gasteiger partial charge on any atom is 0.317 e. The van der Waals surface area contributed by atoms with Crippen LogP contribution in [0.2, 0.25) is 0 Å². The predicted molar refractivity (Wildman–Crippen MR) is 142 cm³/mol. The number of unbranched alkanes of at least 4 members (excludes halogenated alkanes) is 2. The summed E-state index contributed by atoms with van der Waals surface area (Å²) in [6.45, 7) is 7.96. The van der Waals surface area contributed by atoms with Crippen LogP contribution in [-0.4, -0.2) is 84.0 Å². The lowest BCUT2D eigenvalue weighted by atomic mass is 10.2. The molecule has 3 heterocycles. The van der Waals surface area contributed by atoms with Crippen LogP contribution in [0, 0.1) is 17.6 Å². The SMILES string of the molecule is CCOCCOCCCCCN(C)C(=O)NCC(C)CNc1nc(-c2c[nH]c3ncc(F)cc23)ncc1F. The second-order valence-electron chi connectivity index (χ2n) is 9.11. The van der Waals surface area contributed by atoms with Crippen molar-refractivity contribution in [1.29, 1.82) is 0 Å². The highest BCUT2D eigenvalue weighted by Gasteiger charge is 2.15. The summed E-state index contributed by atoms with van der Waals surface area (Å²) in [4.78, 5) is 29.3. The molecule has 3 aromatic heterocycles. The molecule has 2 amide bonds. The van der Waals surface area contributed by atoms with E-state index < -0.39 is 11.6 Å². The van der Waals surface area contributed by atoms with Crippen LogP contribution in [0.4, 0.5) is 19.4 Å². The van der Waals surface area contributed by atoms with Gasteiger partial charge in [-0.25, -0.2) is 28.5 Å². The van der Waals surface area contributed by atoms with Gasteiger partial charge in [0, 0.05) is 57.0 Å². The Hall–Kier alpha value is -3.38. The van der Waals surface area contributed by atoms with Crippen LogP contribution in [0.1, 0.15) is 33.1 Å². The summed E-state index contributed by atoms with van der Waals surface area (Å²) >= 11 is 0. The van der Waals surface area contributed by atoms with E-state index in [0.717, 1.165) is 31.7 Å². The molecular formula is C26H37F2N7O3. The summed E-state index contributed by atoms with van der Waals surface area (Å²) in [5, 5.41) is 6.40. The smallest absolute Gasteiger partial charge is 0.317 e. The van der Waals surface area contributed by atoms with Crippen LogP contribution in [0.15, 0.2) is 24.7 Å². The van der Waals surface area contributed by atoms with E-state index in [4.69, 9.17) is 9.47 Å².